The third-order valence-corrected chi connectivity index (χ3v) is 3.91. The van der Waals surface area contributed by atoms with Gasteiger partial charge < -0.3 is 7.97 Å². The van der Waals surface area contributed by atoms with Crippen LogP contribution in [-0.2, 0) is 0 Å². The first kappa shape index (κ1) is 12.6. The summed E-state index contributed by atoms with van der Waals surface area (Å²) < 4.78 is 5.29. The Morgan fingerprint density at radius 3 is 2.74 bits per heavy atom. The number of pyridine rings is 1. The highest BCUT2D eigenvalue weighted by molar-refractivity contribution is 14.1. The maximum atomic E-state index is 11.0. The summed E-state index contributed by atoms with van der Waals surface area (Å²) in [5.74, 6) is 0.657. The lowest BCUT2D eigenvalue weighted by atomic mass is 10.1. The van der Waals surface area contributed by atoms with Crippen LogP contribution in [0.3, 0.4) is 0 Å². The number of rotatable bonds is 3. The summed E-state index contributed by atoms with van der Waals surface area (Å²) in [6, 6.07) is 5.36. The summed E-state index contributed by atoms with van der Waals surface area (Å²) in [4.78, 5) is 17.7. The third-order valence-electron chi connectivity index (χ3n) is 3.44. The highest BCUT2D eigenvalue weighted by Gasteiger charge is 2.19. The second-order valence-corrected chi connectivity index (χ2v) is 4.94. The van der Waals surface area contributed by atoms with Crippen LogP contribution in [0.25, 0.3) is 10.9 Å². The molecule has 0 aliphatic carbocycles. The smallest absolute Gasteiger partial charge is 0.192 e. The van der Waals surface area contributed by atoms with Crippen molar-refractivity contribution in [3.8, 4) is 5.75 Å². The molecule has 1 saturated heterocycles. The van der Waals surface area contributed by atoms with Crippen molar-refractivity contribution in [1.29, 1.82) is 0 Å². The molecule has 3 rings (SSSR count). The van der Waals surface area contributed by atoms with Crippen molar-refractivity contribution >= 4 is 45.3 Å². The zero-order valence-electron chi connectivity index (χ0n) is 10.2. The van der Waals surface area contributed by atoms with E-state index in [9.17, 15) is 4.91 Å². The second kappa shape index (κ2) is 5.28. The molecule has 5 nitrogen and oxygen atoms in total. The molecule has 1 aromatic carbocycles. The molecule has 0 amide bonds. The van der Waals surface area contributed by atoms with Gasteiger partial charge in [-0.15, -0.1) is 4.91 Å². The van der Waals surface area contributed by atoms with Crippen LogP contribution < -0.4 is 7.97 Å². The lowest BCUT2D eigenvalue weighted by Crippen LogP contribution is -2.18. The lowest BCUT2D eigenvalue weighted by molar-refractivity contribution is 0.723. The van der Waals surface area contributed by atoms with Crippen molar-refractivity contribution in [2.75, 3.05) is 18.0 Å². The molecule has 0 atom stereocenters. The van der Waals surface area contributed by atoms with Crippen LogP contribution in [-0.4, -0.2) is 18.1 Å². The fourth-order valence-corrected chi connectivity index (χ4v) is 2.92. The molecule has 0 radical (unpaired) electrons. The van der Waals surface area contributed by atoms with Crippen LogP contribution >= 0.6 is 23.0 Å². The summed E-state index contributed by atoms with van der Waals surface area (Å²) in [6.45, 7) is 2.01. The minimum absolute atomic E-state index is 0.419. The van der Waals surface area contributed by atoms with Gasteiger partial charge in [-0.2, -0.15) is 0 Å². The molecule has 0 saturated carbocycles. The molecule has 1 aromatic heterocycles. The SMILES string of the molecule is O=Nc1ccc(OI)c2nccc(N3CCCC3)c12. The van der Waals surface area contributed by atoms with E-state index in [1.165, 1.54) is 12.8 Å². The van der Waals surface area contributed by atoms with Gasteiger partial charge in [-0.1, -0.05) is 0 Å². The van der Waals surface area contributed by atoms with Gasteiger partial charge in [-0.25, -0.2) is 0 Å². The minimum Gasteiger partial charge on any atom is -0.425 e. The molecule has 6 heteroatoms. The van der Waals surface area contributed by atoms with Crippen LogP contribution in [0, 0.1) is 4.91 Å². The Balaban J connectivity index is 2.29. The van der Waals surface area contributed by atoms with E-state index in [0.29, 0.717) is 17.0 Å². The first-order valence-corrected chi connectivity index (χ1v) is 7.02. The largest absolute Gasteiger partial charge is 0.425 e. The van der Waals surface area contributed by atoms with Gasteiger partial charge in [-0.3, -0.25) is 4.98 Å². The number of aromatic nitrogens is 1. The number of nitrogens with zero attached hydrogens (tertiary/aromatic N) is 3. The van der Waals surface area contributed by atoms with Gasteiger partial charge in [0.05, 0.1) is 11.1 Å². The van der Waals surface area contributed by atoms with Gasteiger partial charge in [0.2, 0.25) is 0 Å². The topological polar surface area (TPSA) is 54.8 Å². The van der Waals surface area contributed by atoms with Gasteiger partial charge >= 0.3 is 0 Å². The Bertz CT molecular complexity index is 627. The summed E-state index contributed by atoms with van der Waals surface area (Å²) in [6.07, 6.45) is 4.11. The molecule has 0 bridgehead atoms. The van der Waals surface area contributed by atoms with E-state index >= 15 is 0 Å². The van der Waals surface area contributed by atoms with Crippen LogP contribution in [0.15, 0.2) is 29.6 Å². The van der Waals surface area contributed by atoms with E-state index in [0.717, 1.165) is 24.2 Å². The van der Waals surface area contributed by atoms with E-state index in [1.807, 2.05) is 29.1 Å². The normalized spacial score (nSPS) is 14.9. The molecule has 2 heterocycles. The van der Waals surface area contributed by atoms with Crippen molar-refractivity contribution in [3.63, 3.8) is 0 Å². The molecule has 1 aliphatic heterocycles. The van der Waals surface area contributed by atoms with Crippen LogP contribution in [0.1, 0.15) is 12.8 Å². The molecule has 1 aliphatic rings. The van der Waals surface area contributed by atoms with Crippen LogP contribution in [0.2, 0.25) is 0 Å². The fraction of sp³-hybridized carbons (Fsp3) is 0.308. The van der Waals surface area contributed by atoms with Crippen molar-refractivity contribution in [1.82, 2.24) is 4.98 Å². The number of halogens is 1. The number of anilines is 1. The Kier molecular flexibility index (Phi) is 3.50. The molecule has 98 valence electrons. The van der Waals surface area contributed by atoms with E-state index in [2.05, 4.69) is 15.1 Å². The van der Waals surface area contributed by atoms with Gasteiger partial charge in [0.1, 0.15) is 11.2 Å². The van der Waals surface area contributed by atoms with Gasteiger partial charge in [0.15, 0.2) is 28.8 Å². The van der Waals surface area contributed by atoms with Crippen molar-refractivity contribution in [3.05, 3.63) is 29.3 Å². The third kappa shape index (κ3) is 2.13. The van der Waals surface area contributed by atoms with E-state index in [4.69, 9.17) is 3.07 Å². The van der Waals surface area contributed by atoms with E-state index in [-0.39, 0.29) is 0 Å². The minimum atomic E-state index is 0.419. The number of fused-ring (bicyclic) bond motifs is 1. The molecule has 0 spiro atoms. The van der Waals surface area contributed by atoms with Gasteiger partial charge in [0.25, 0.3) is 0 Å². The van der Waals surface area contributed by atoms with Crippen LogP contribution in [0.4, 0.5) is 11.4 Å². The molecule has 0 N–H and O–H groups in total. The Hall–Kier alpha value is -1.44. The Morgan fingerprint density at radius 2 is 2.05 bits per heavy atom. The monoisotopic (exact) mass is 369 g/mol. The maximum absolute atomic E-state index is 11.0. The van der Waals surface area contributed by atoms with Crippen molar-refractivity contribution in [2.45, 2.75) is 12.8 Å². The number of nitroso groups, excluding NO2 is 1. The highest BCUT2D eigenvalue weighted by atomic mass is 127. The summed E-state index contributed by atoms with van der Waals surface area (Å²) in [5.41, 5.74) is 2.13. The maximum Gasteiger partial charge on any atom is 0.192 e. The van der Waals surface area contributed by atoms with E-state index in [1.54, 1.807) is 18.3 Å². The fourth-order valence-electron chi connectivity index (χ4n) is 2.57. The molecule has 0 unspecified atom stereocenters. The molecule has 2 aromatic rings. The summed E-state index contributed by atoms with van der Waals surface area (Å²) >= 11 is 1.82. The molecule has 1 fully saturated rings. The highest BCUT2D eigenvalue weighted by Crippen LogP contribution is 2.39. The Morgan fingerprint density at radius 1 is 1.26 bits per heavy atom. The standard InChI is InChI=1S/C13H12IN3O2/c14-19-11-4-3-9(16-18)12-10(5-6-15-13(11)12)17-7-1-2-8-17/h3-6H,1-2,7-8H2. The number of benzene rings is 1. The van der Waals surface area contributed by atoms with Crippen LogP contribution in [0.5, 0.6) is 5.75 Å². The van der Waals surface area contributed by atoms with Crippen molar-refractivity contribution < 1.29 is 3.07 Å². The van der Waals surface area contributed by atoms with Gasteiger partial charge in [-0.05, 0) is 36.2 Å². The first-order chi connectivity index (χ1) is 9.35. The lowest BCUT2D eigenvalue weighted by Gasteiger charge is -2.20. The molecular weight excluding hydrogens is 357 g/mol. The summed E-state index contributed by atoms with van der Waals surface area (Å²) in [5, 5.41) is 3.92. The van der Waals surface area contributed by atoms with Gasteiger partial charge in [0, 0.05) is 19.3 Å². The predicted octanol–water partition coefficient (Wildman–Crippen LogP) is 3.96. The molecule has 19 heavy (non-hydrogen) atoms. The molecular formula is C13H12IN3O2. The average Bonchev–Trinajstić information content (AvgIpc) is 2.99. The predicted molar refractivity (Wildman–Crippen MR) is 83.3 cm³/mol. The van der Waals surface area contributed by atoms with Crippen molar-refractivity contribution in [2.24, 2.45) is 5.18 Å². The Labute approximate surface area is 124 Å². The summed E-state index contributed by atoms with van der Waals surface area (Å²) in [7, 11) is 0. The number of hydrogen-bond acceptors (Lipinski definition) is 5. The zero-order valence-corrected chi connectivity index (χ0v) is 12.3. The van der Waals surface area contributed by atoms with E-state index < -0.39 is 0 Å². The average molecular weight is 369 g/mol. The first-order valence-electron chi connectivity index (χ1n) is 6.14. The zero-order chi connectivity index (χ0) is 13.2. The number of hydrogen-bond donors (Lipinski definition) is 0. The second-order valence-electron chi connectivity index (χ2n) is 4.50. The quantitative estimate of drug-likeness (QED) is 0.607.